The first-order chi connectivity index (χ1) is 10.7. The van der Waals surface area contributed by atoms with Crippen LogP contribution >= 0.6 is 23.2 Å². The fourth-order valence-corrected chi connectivity index (χ4v) is 3.04. The van der Waals surface area contributed by atoms with Crippen molar-refractivity contribution < 1.29 is 14.3 Å². The van der Waals surface area contributed by atoms with Gasteiger partial charge in [-0.15, -0.1) is 0 Å². The van der Waals surface area contributed by atoms with Crippen molar-refractivity contribution >= 4 is 35.1 Å². The maximum Gasteiger partial charge on any atom is 0.307 e. The lowest BCUT2D eigenvalue weighted by atomic mass is 9.87. The van der Waals surface area contributed by atoms with Gasteiger partial charge in [-0.3, -0.25) is 9.59 Å². The van der Waals surface area contributed by atoms with Crippen molar-refractivity contribution in [2.75, 3.05) is 0 Å². The predicted octanol–water partition coefficient (Wildman–Crippen LogP) is 4.09. The van der Waals surface area contributed by atoms with Crippen molar-refractivity contribution in [3.8, 4) is 0 Å². The van der Waals surface area contributed by atoms with Crippen LogP contribution in [0.4, 0.5) is 0 Å². The number of esters is 1. The molecule has 126 valence electrons. The summed E-state index contributed by atoms with van der Waals surface area (Å²) in [4.78, 5) is 23.8. The molecule has 1 aliphatic rings. The Morgan fingerprint density at radius 2 is 2.04 bits per heavy atom. The lowest BCUT2D eigenvalue weighted by Gasteiger charge is -2.26. The molecule has 0 aliphatic carbocycles. The smallest absolute Gasteiger partial charge is 0.307 e. The molecule has 2 atom stereocenters. The first kappa shape index (κ1) is 18.1. The summed E-state index contributed by atoms with van der Waals surface area (Å²) in [7, 11) is 0. The second-order valence-electron chi connectivity index (χ2n) is 6.78. The molecule has 6 heteroatoms. The minimum absolute atomic E-state index is 0.00393. The SMILES string of the molecule is CC(C)(C)OC(=O)CC(c1ccc(Cl)c(Cl)c1)C1CCC(=O)N1. The lowest BCUT2D eigenvalue weighted by molar-refractivity contribution is -0.155. The Kier molecular flexibility index (Phi) is 5.58. The molecule has 0 spiro atoms. The summed E-state index contributed by atoms with van der Waals surface area (Å²) in [6.45, 7) is 5.49. The number of halogens is 2. The molecule has 1 fully saturated rings. The van der Waals surface area contributed by atoms with Crippen LogP contribution < -0.4 is 5.32 Å². The number of amides is 1. The maximum absolute atomic E-state index is 12.2. The van der Waals surface area contributed by atoms with E-state index in [0.29, 0.717) is 22.9 Å². The lowest BCUT2D eigenvalue weighted by Crippen LogP contribution is -2.34. The molecule has 1 amide bonds. The summed E-state index contributed by atoms with van der Waals surface area (Å²) >= 11 is 12.1. The van der Waals surface area contributed by atoms with Gasteiger partial charge in [-0.05, 0) is 44.9 Å². The Hall–Kier alpha value is -1.26. The predicted molar refractivity (Wildman–Crippen MR) is 90.8 cm³/mol. The zero-order chi connectivity index (χ0) is 17.2. The number of rotatable bonds is 4. The molecule has 1 N–H and O–H groups in total. The van der Waals surface area contributed by atoms with Crippen molar-refractivity contribution in [3.63, 3.8) is 0 Å². The second-order valence-corrected chi connectivity index (χ2v) is 7.60. The molecule has 1 aromatic rings. The highest BCUT2D eigenvalue weighted by Gasteiger charge is 2.33. The molecule has 0 bridgehead atoms. The quantitative estimate of drug-likeness (QED) is 0.825. The van der Waals surface area contributed by atoms with Crippen LogP contribution in [0, 0.1) is 0 Å². The molecule has 0 saturated carbocycles. The van der Waals surface area contributed by atoms with Crippen LogP contribution in [-0.2, 0) is 14.3 Å². The molecular weight excluding hydrogens is 337 g/mol. The van der Waals surface area contributed by atoms with E-state index in [1.54, 1.807) is 12.1 Å². The largest absolute Gasteiger partial charge is 0.460 e. The van der Waals surface area contributed by atoms with Crippen molar-refractivity contribution in [3.05, 3.63) is 33.8 Å². The van der Waals surface area contributed by atoms with E-state index in [-0.39, 0.29) is 30.3 Å². The van der Waals surface area contributed by atoms with E-state index in [0.717, 1.165) is 5.56 Å². The summed E-state index contributed by atoms with van der Waals surface area (Å²) in [5.74, 6) is -0.481. The van der Waals surface area contributed by atoms with Crippen molar-refractivity contribution in [2.45, 2.75) is 57.6 Å². The minimum Gasteiger partial charge on any atom is -0.460 e. The number of nitrogens with one attached hydrogen (secondary N) is 1. The van der Waals surface area contributed by atoms with E-state index >= 15 is 0 Å². The summed E-state index contributed by atoms with van der Waals surface area (Å²) in [6.07, 6.45) is 1.34. The standard InChI is InChI=1S/C17H21Cl2NO3/c1-17(2,3)23-16(22)9-11(14-6-7-15(21)20-14)10-4-5-12(18)13(19)8-10/h4-5,8,11,14H,6-7,9H2,1-3H3,(H,20,21). The minimum atomic E-state index is -0.543. The average molecular weight is 358 g/mol. The number of ether oxygens (including phenoxy) is 1. The molecule has 2 rings (SSSR count). The summed E-state index contributed by atoms with van der Waals surface area (Å²) < 4.78 is 5.42. The normalized spacial score (nSPS) is 19.3. The molecular formula is C17H21Cl2NO3. The van der Waals surface area contributed by atoms with Crippen LogP contribution in [0.1, 0.15) is 51.5 Å². The average Bonchev–Trinajstić information content (AvgIpc) is 2.84. The molecule has 4 nitrogen and oxygen atoms in total. The first-order valence-electron chi connectivity index (χ1n) is 7.62. The first-order valence-corrected chi connectivity index (χ1v) is 8.37. The summed E-state index contributed by atoms with van der Waals surface area (Å²) in [6, 6.07) is 5.20. The van der Waals surface area contributed by atoms with E-state index in [2.05, 4.69) is 5.32 Å². The van der Waals surface area contributed by atoms with Gasteiger partial charge in [-0.2, -0.15) is 0 Å². The van der Waals surface area contributed by atoms with Gasteiger partial charge >= 0.3 is 5.97 Å². The molecule has 0 aromatic heterocycles. The van der Waals surface area contributed by atoms with E-state index < -0.39 is 5.60 Å². The van der Waals surface area contributed by atoms with Gasteiger partial charge in [0.25, 0.3) is 0 Å². The van der Waals surface area contributed by atoms with E-state index in [1.807, 2.05) is 26.8 Å². The third-order valence-electron chi connectivity index (χ3n) is 3.69. The third-order valence-corrected chi connectivity index (χ3v) is 4.43. The second kappa shape index (κ2) is 7.10. The highest BCUT2D eigenvalue weighted by Crippen LogP contribution is 2.33. The van der Waals surface area contributed by atoms with E-state index in [9.17, 15) is 9.59 Å². The monoisotopic (exact) mass is 357 g/mol. The van der Waals surface area contributed by atoms with Crippen molar-refractivity contribution in [1.29, 1.82) is 0 Å². The van der Waals surface area contributed by atoms with Gasteiger partial charge < -0.3 is 10.1 Å². The Balaban J connectivity index is 2.23. The number of carbonyl (C=O) groups excluding carboxylic acids is 2. The number of hydrogen-bond donors (Lipinski definition) is 1. The Morgan fingerprint density at radius 1 is 1.35 bits per heavy atom. The topological polar surface area (TPSA) is 55.4 Å². The highest BCUT2D eigenvalue weighted by molar-refractivity contribution is 6.42. The van der Waals surface area contributed by atoms with Gasteiger partial charge in [0.1, 0.15) is 5.60 Å². The van der Waals surface area contributed by atoms with Gasteiger partial charge in [0.15, 0.2) is 0 Å². The van der Waals surface area contributed by atoms with Gasteiger partial charge in [0.2, 0.25) is 5.91 Å². The van der Waals surface area contributed by atoms with E-state index in [4.69, 9.17) is 27.9 Å². The Labute approximate surface area is 146 Å². The van der Waals surface area contributed by atoms with Crippen molar-refractivity contribution in [1.82, 2.24) is 5.32 Å². The fourth-order valence-electron chi connectivity index (χ4n) is 2.74. The van der Waals surface area contributed by atoms with Gasteiger partial charge in [-0.25, -0.2) is 0 Å². The molecule has 1 aromatic carbocycles. The zero-order valence-corrected chi connectivity index (χ0v) is 15.0. The molecule has 1 aliphatic heterocycles. The number of carbonyl (C=O) groups is 2. The highest BCUT2D eigenvalue weighted by atomic mass is 35.5. The Bertz CT molecular complexity index is 610. The maximum atomic E-state index is 12.2. The van der Waals surface area contributed by atoms with Gasteiger partial charge in [0.05, 0.1) is 16.5 Å². The van der Waals surface area contributed by atoms with Crippen LogP contribution in [-0.4, -0.2) is 23.5 Å². The van der Waals surface area contributed by atoms with Gasteiger partial charge in [-0.1, -0.05) is 29.3 Å². The van der Waals surface area contributed by atoms with Crippen LogP contribution in [0.3, 0.4) is 0 Å². The molecule has 0 radical (unpaired) electrons. The zero-order valence-electron chi connectivity index (χ0n) is 13.5. The van der Waals surface area contributed by atoms with Crippen molar-refractivity contribution in [2.24, 2.45) is 0 Å². The van der Waals surface area contributed by atoms with Crippen LogP contribution in [0.2, 0.25) is 10.0 Å². The fraction of sp³-hybridized carbons (Fsp3) is 0.529. The third kappa shape index (κ3) is 5.11. The van der Waals surface area contributed by atoms with Crippen LogP contribution in [0.15, 0.2) is 18.2 Å². The van der Waals surface area contributed by atoms with Crippen LogP contribution in [0.25, 0.3) is 0 Å². The summed E-state index contributed by atoms with van der Waals surface area (Å²) in [5, 5.41) is 3.83. The molecule has 23 heavy (non-hydrogen) atoms. The molecule has 2 unspecified atom stereocenters. The number of benzene rings is 1. The molecule has 1 heterocycles. The van der Waals surface area contributed by atoms with Crippen LogP contribution in [0.5, 0.6) is 0 Å². The summed E-state index contributed by atoms with van der Waals surface area (Å²) in [5.41, 5.74) is 0.329. The molecule has 1 saturated heterocycles. The Morgan fingerprint density at radius 3 is 2.57 bits per heavy atom. The van der Waals surface area contributed by atoms with E-state index in [1.165, 1.54) is 0 Å². The number of hydrogen-bond acceptors (Lipinski definition) is 3. The van der Waals surface area contributed by atoms with Gasteiger partial charge in [0, 0.05) is 18.4 Å².